The third kappa shape index (κ3) is 0.203. The summed E-state index contributed by atoms with van der Waals surface area (Å²) in [6.45, 7) is 0. The molecule has 0 aromatic carbocycles. The zero-order valence-corrected chi connectivity index (χ0v) is 5.55. The van der Waals surface area contributed by atoms with Crippen molar-refractivity contribution in [2.75, 3.05) is 0 Å². The minimum Gasteiger partial charge on any atom is -0.301 e. The molecule has 4 saturated heterocycles. The molecule has 4 aliphatic rings. The van der Waals surface area contributed by atoms with E-state index in [0.717, 1.165) is 14.7 Å². The van der Waals surface area contributed by atoms with Crippen molar-refractivity contribution in [3.05, 3.63) is 0 Å². The SMILES string of the molecule is O=C1N2C(=O)N3C(=O)N1C31OC21. The standard InChI is InChI=1S/C5HN3O4/c9-2-6-1-5(12-1)7(2)4(11)8(5)3(6)10/h1H. The molecule has 2 bridgehead atoms. The van der Waals surface area contributed by atoms with Crippen LogP contribution in [0.25, 0.3) is 0 Å². The minimum absolute atomic E-state index is 0.532. The summed E-state index contributed by atoms with van der Waals surface area (Å²) in [6, 6.07) is -1.67. The van der Waals surface area contributed by atoms with Crippen molar-refractivity contribution in [2.24, 2.45) is 0 Å². The Morgan fingerprint density at radius 3 is 2.08 bits per heavy atom. The maximum absolute atomic E-state index is 11.2. The van der Waals surface area contributed by atoms with E-state index in [4.69, 9.17) is 4.74 Å². The molecule has 0 aromatic rings. The molecule has 7 heteroatoms. The van der Waals surface area contributed by atoms with Gasteiger partial charge in [0.15, 0.2) is 0 Å². The summed E-state index contributed by atoms with van der Waals surface area (Å²) in [6.07, 6.45) is -0.532. The molecular formula is C5HN3O4. The molecule has 4 heterocycles. The van der Waals surface area contributed by atoms with Crippen molar-refractivity contribution in [1.29, 1.82) is 0 Å². The van der Waals surface area contributed by atoms with Gasteiger partial charge in [-0.3, -0.25) is 0 Å². The van der Waals surface area contributed by atoms with Gasteiger partial charge in [-0.05, 0) is 0 Å². The van der Waals surface area contributed by atoms with Crippen LogP contribution in [-0.2, 0) is 4.74 Å². The molecular weight excluding hydrogens is 166 g/mol. The van der Waals surface area contributed by atoms with Crippen molar-refractivity contribution >= 4 is 18.1 Å². The molecule has 6 amide bonds. The fourth-order valence-electron chi connectivity index (χ4n) is 2.04. The van der Waals surface area contributed by atoms with Crippen LogP contribution in [0, 0.1) is 0 Å². The summed E-state index contributed by atoms with van der Waals surface area (Å²) >= 11 is 0. The monoisotopic (exact) mass is 167 g/mol. The average Bonchev–Trinajstić information content (AvgIpc) is 2.57. The summed E-state index contributed by atoms with van der Waals surface area (Å²) in [4.78, 5) is 36.3. The predicted octanol–water partition coefficient (Wildman–Crippen LogP) is -0.697. The topological polar surface area (TPSA) is 73.5 Å². The molecule has 0 aromatic heterocycles. The fourth-order valence-corrected chi connectivity index (χ4v) is 2.04. The van der Waals surface area contributed by atoms with Gasteiger partial charge in [0.25, 0.3) is 5.85 Å². The molecule has 1 unspecified atom stereocenters. The number of hydrogen-bond donors (Lipinski definition) is 0. The minimum atomic E-state index is -1.01. The molecule has 1 spiro atoms. The highest BCUT2D eigenvalue weighted by molar-refractivity contribution is 6.21. The largest absolute Gasteiger partial charge is 0.344 e. The second kappa shape index (κ2) is 0.944. The Labute approximate surface area is 65.1 Å². The summed E-state index contributed by atoms with van der Waals surface area (Å²) in [5.74, 6) is -1.01. The number of amides is 6. The van der Waals surface area contributed by atoms with Crippen LogP contribution in [0.2, 0.25) is 0 Å². The zero-order valence-electron chi connectivity index (χ0n) is 5.55. The molecule has 4 aliphatic heterocycles. The Balaban J connectivity index is 2.06. The zero-order chi connectivity index (χ0) is 8.25. The Kier molecular flexibility index (Phi) is 0.401. The molecule has 0 saturated carbocycles. The van der Waals surface area contributed by atoms with Crippen LogP contribution in [0.5, 0.6) is 0 Å². The lowest BCUT2D eigenvalue weighted by molar-refractivity contribution is -0.0630. The third-order valence-corrected chi connectivity index (χ3v) is 2.60. The number of imide groups is 3. The molecule has 4 fully saturated rings. The van der Waals surface area contributed by atoms with Crippen LogP contribution in [0.3, 0.4) is 0 Å². The molecule has 0 N–H and O–H groups in total. The van der Waals surface area contributed by atoms with E-state index in [1.807, 2.05) is 0 Å². The van der Waals surface area contributed by atoms with Gasteiger partial charge in [0.1, 0.15) is 0 Å². The van der Waals surface area contributed by atoms with E-state index < -0.39 is 30.2 Å². The van der Waals surface area contributed by atoms with Gasteiger partial charge in [-0.25, -0.2) is 19.3 Å². The Hall–Kier alpha value is -1.63. The lowest BCUT2D eigenvalue weighted by atomic mass is 10.3. The second-order valence-corrected chi connectivity index (χ2v) is 3.02. The van der Waals surface area contributed by atoms with Gasteiger partial charge in [0, 0.05) is 0 Å². The Morgan fingerprint density at radius 2 is 1.67 bits per heavy atom. The summed E-state index contributed by atoms with van der Waals surface area (Å²) in [5, 5.41) is 0. The lowest BCUT2D eigenvalue weighted by Gasteiger charge is -2.45. The molecule has 7 nitrogen and oxygen atoms in total. The van der Waals surface area contributed by atoms with Crippen molar-refractivity contribution in [3.8, 4) is 0 Å². The van der Waals surface area contributed by atoms with Crippen LogP contribution in [-0.4, -0.2) is 44.9 Å². The molecule has 4 rings (SSSR count). The van der Waals surface area contributed by atoms with E-state index >= 15 is 0 Å². The maximum Gasteiger partial charge on any atom is 0.344 e. The second-order valence-electron chi connectivity index (χ2n) is 3.02. The van der Waals surface area contributed by atoms with Gasteiger partial charge in [-0.2, -0.15) is 9.80 Å². The lowest BCUT2D eigenvalue weighted by Crippen LogP contribution is -2.76. The van der Waals surface area contributed by atoms with Crippen LogP contribution in [0.15, 0.2) is 0 Å². The quantitative estimate of drug-likeness (QED) is 0.447. The van der Waals surface area contributed by atoms with Crippen molar-refractivity contribution in [3.63, 3.8) is 0 Å². The number of ether oxygens (including phenoxy) is 1. The number of nitrogens with zero attached hydrogens (tertiary/aromatic N) is 3. The number of epoxide rings is 1. The Bertz CT molecular complexity index is 356. The first-order valence-electron chi connectivity index (χ1n) is 3.39. The molecule has 12 heavy (non-hydrogen) atoms. The summed E-state index contributed by atoms with van der Waals surface area (Å²) in [5.41, 5.74) is 0. The highest BCUT2D eigenvalue weighted by Gasteiger charge is 2.94. The molecule has 0 radical (unpaired) electrons. The number of carbonyl (C=O) groups excluding carboxylic acids is 3. The van der Waals surface area contributed by atoms with E-state index in [0.29, 0.717) is 0 Å². The highest BCUT2D eigenvalue weighted by atomic mass is 16.7. The van der Waals surface area contributed by atoms with Gasteiger partial charge in [0.05, 0.1) is 0 Å². The van der Waals surface area contributed by atoms with Crippen LogP contribution in [0.1, 0.15) is 0 Å². The van der Waals surface area contributed by atoms with Gasteiger partial charge >= 0.3 is 18.1 Å². The predicted molar refractivity (Wildman–Crippen MR) is 29.3 cm³/mol. The summed E-state index contributed by atoms with van der Waals surface area (Å²) in [7, 11) is 0. The van der Waals surface area contributed by atoms with E-state index in [1.165, 1.54) is 0 Å². The van der Waals surface area contributed by atoms with Gasteiger partial charge in [-0.15, -0.1) is 0 Å². The molecule has 0 aliphatic carbocycles. The first-order chi connectivity index (χ1) is 5.69. The number of rotatable bonds is 0. The first-order valence-corrected chi connectivity index (χ1v) is 3.39. The van der Waals surface area contributed by atoms with Gasteiger partial charge in [-0.1, -0.05) is 0 Å². The fraction of sp³-hybridized carbons (Fsp3) is 0.400. The van der Waals surface area contributed by atoms with E-state index in [-0.39, 0.29) is 0 Å². The molecule has 60 valence electrons. The maximum atomic E-state index is 11.2. The smallest absolute Gasteiger partial charge is 0.301 e. The molecule has 1 atom stereocenters. The Morgan fingerprint density at radius 1 is 1.08 bits per heavy atom. The normalized spacial score (nSPS) is 45.5. The van der Waals surface area contributed by atoms with E-state index in [2.05, 4.69) is 0 Å². The third-order valence-electron chi connectivity index (χ3n) is 2.60. The van der Waals surface area contributed by atoms with Crippen LogP contribution >= 0.6 is 0 Å². The van der Waals surface area contributed by atoms with Gasteiger partial charge < -0.3 is 4.74 Å². The average molecular weight is 167 g/mol. The van der Waals surface area contributed by atoms with Crippen molar-refractivity contribution in [1.82, 2.24) is 14.7 Å². The summed E-state index contributed by atoms with van der Waals surface area (Å²) < 4.78 is 5.03. The number of hydrogen-bond acceptors (Lipinski definition) is 4. The van der Waals surface area contributed by atoms with Crippen molar-refractivity contribution < 1.29 is 19.1 Å². The van der Waals surface area contributed by atoms with Gasteiger partial charge in [0.2, 0.25) is 6.23 Å². The number of urea groups is 3. The van der Waals surface area contributed by atoms with Crippen LogP contribution < -0.4 is 0 Å². The van der Waals surface area contributed by atoms with Crippen LogP contribution in [0.4, 0.5) is 14.4 Å². The van der Waals surface area contributed by atoms with E-state index in [1.54, 1.807) is 0 Å². The first kappa shape index (κ1) is 5.09. The van der Waals surface area contributed by atoms with Crippen molar-refractivity contribution in [2.45, 2.75) is 12.1 Å². The number of carbonyl (C=O) groups is 3. The van der Waals surface area contributed by atoms with E-state index in [9.17, 15) is 14.4 Å². The highest BCUT2D eigenvalue weighted by Crippen LogP contribution is 2.63.